The van der Waals surface area contributed by atoms with Crippen LogP contribution in [0, 0.1) is 0 Å². The molecule has 5 heteroatoms. The normalized spacial score (nSPS) is 23.2. The smallest absolute Gasteiger partial charge is 0.269 e. The van der Waals surface area contributed by atoms with E-state index in [9.17, 15) is 4.79 Å². The summed E-state index contributed by atoms with van der Waals surface area (Å²) in [5.74, 6) is 0.752. The molecule has 1 aliphatic heterocycles. The first kappa shape index (κ1) is 8.37. The second kappa shape index (κ2) is 3.26. The highest BCUT2D eigenvalue weighted by Crippen LogP contribution is 2.23. The molecule has 1 atom stereocenters. The highest BCUT2D eigenvalue weighted by molar-refractivity contribution is 5.40. The lowest BCUT2D eigenvalue weighted by Gasteiger charge is -2.21. The Morgan fingerprint density at radius 1 is 1.38 bits per heavy atom. The van der Waals surface area contributed by atoms with Crippen molar-refractivity contribution >= 4 is 5.82 Å². The number of piperidine rings is 1. The maximum atomic E-state index is 11.3. The molecule has 0 aliphatic carbocycles. The van der Waals surface area contributed by atoms with Crippen LogP contribution in [0.15, 0.2) is 4.79 Å². The van der Waals surface area contributed by atoms with Crippen molar-refractivity contribution in [1.29, 1.82) is 0 Å². The van der Waals surface area contributed by atoms with Crippen LogP contribution in [0.25, 0.3) is 0 Å². The van der Waals surface area contributed by atoms with Gasteiger partial charge >= 0.3 is 0 Å². The zero-order valence-corrected chi connectivity index (χ0v) is 7.39. The van der Waals surface area contributed by atoms with E-state index in [0.717, 1.165) is 25.9 Å². The lowest BCUT2D eigenvalue weighted by molar-refractivity contribution is 0.461. The number of nitrogen functional groups attached to an aromatic ring is 1. The van der Waals surface area contributed by atoms with Crippen molar-refractivity contribution in [3.8, 4) is 0 Å². The average Bonchev–Trinajstić information content (AvgIpc) is 2.48. The molecule has 0 amide bonds. The zero-order chi connectivity index (χ0) is 9.26. The van der Waals surface area contributed by atoms with Crippen molar-refractivity contribution in [1.82, 2.24) is 15.5 Å². The zero-order valence-electron chi connectivity index (χ0n) is 7.39. The fourth-order valence-corrected chi connectivity index (χ4v) is 1.88. The molecule has 1 unspecified atom stereocenters. The van der Waals surface area contributed by atoms with Gasteiger partial charge in [0.15, 0.2) is 0 Å². The van der Waals surface area contributed by atoms with Crippen molar-refractivity contribution < 1.29 is 0 Å². The van der Waals surface area contributed by atoms with Gasteiger partial charge in [0.2, 0.25) is 0 Å². The van der Waals surface area contributed by atoms with Crippen molar-refractivity contribution in [2.24, 2.45) is 0 Å². The number of rotatable bonds is 1. The number of hydrogen-bond donors (Lipinski definition) is 4. The second-order valence-electron chi connectivity index (χ2n) is 3.45. The van der Waals surface area contributed by atoms with Crippen LogP contribution in [0.4, 0.5) is 5.82 Å². The van der Waals surface area contributed by atoms with Gasteiger partial charge in [-0.25, -0.2) is 0 Å². The van der Waals surface area contributed by atoms with Crippen LogP contribution >= 0.6 is 0 Å². The molecule has 0 spiro atoms. The van der Waals surface area contributed by atoms with Crippen molar-refractivity contribution in [3.63, 3.8) is 0 Å². The molecule has 5 N–H and O–H groups in total. The molecule has 2 rings (SSSR count). The van der Waals surface area contributed by atoms with Gasteiger partial charge in [-0.05, 0) is 19.4 Å². The van der Waals surface area contributed by atoms with Crippen molar-refractivity contribution in [2.45, 2.75) is 18.8 Å². The SMILES string of the molecule is Nc1[nH][nH]c(=O)c1C1CCCNC1. The van der Waals surface area contributed by atoms with Gasteiger partial charge in [0, 0.05) is 12.5 Å². The van der Waals surface area contributed by atoms with Crippen LogP contribution in [-0.2, 0) is 0 Å². The molecule has 1 aliphatic rings. The highest BCUT2D eigenvalue weighted by atomic mass is 16.1. The third-order valence-corrected chi connectivity index (χ3v) is 2.55. The van der Waals surface area contributed by atoms with E-state index in [1.54, 1.807) is 0 Å². The van der Waals surface area contributed by atoms with Crippen LogP contribution in [0.2, 0.25) is 0 Å². The Hall–Kier alpha value is -1.23. The van der Waals surface area contributed by atoms with Gasteiger partial charge < -0.3 is 11.1 Å². The van der Waals surface area contributed by atoms with E-state index >= 15 is 0 Å². The van der Waals surface area contributed by atoms with Crippen LogP contribution < -0.4 is 16.6 Å². The number of aromatic nitrogens is 2. The van der Waals surface area contributed by atoms with Crippen LogP contribution in [0.1, 0.15) is 24.3 Å². The fraction of sp³-hybridized carbons (Fsp3) is 0.625. The maximum Gasteiger partial charge on any atom is 0.269 e. The summed E-state index contributed by atoms with van der Waals surface area (Å²) in [6, 6.07) is 0. The summed E-state index contributed by atoms with van der Waals surface area (Å²) >= 11 is 0. The van der Waals surface area contributed by atoms with Gasteiger partial charge in [0.05, 0.1) is 5.56 Å². The van der Waals surface area contributed by atoms with Crippen molar-refractivity contribution in [2.75, 3.05) is 18.8 Å². The Morgan fingerprint density at radius 3 is 2.77 bits per heavy atom. The largest absolute Gasteiger partial charge is 0.384 e. The standard InChI is InChI=1S/C8H14N4O/c9-7-6(8(13)12-11-7)5-2-1-3-10-4-5/h5,10H,1-4H2,(H4,9,11,12,13). The molecule has 1 saturated heterocycles. The van der Waals surface area contributed by atoms with Crippen LogP contribution in [0.5, 0.6) is 0 Å². The molecule has 1 aromatic rings. The molecule has 5 nitrogen and oxygen atoms in total. The molecule has 13 heavy (non-hydrogen) atoms. The van der Waals surface area contributed by atoms with E-state index in [4.69, 9.17) is 5.73 Å². The quantitative estimate of drug-likeness (QED) is 0.483. The van der Waals surface area contributed by atoms with Gasteiger partial charge in [-0.1, -0.05) is 0 Å². The van der Waals surface area contributed by atoms with Gasteiger partial charge in [-0.15, -0.1) is 0 Å². The van der Waals surface area contributed by atoms with Crippen LogP contribution in [0.3, 0.4) is 0 Å². The first-order chi connectivity index (χ1) is 6.29. The molecule has 1 aromatic heterocycles. The Bertz CT molecular complexity index is 334. The monoisotopic (exact) mass is 182 g/mol. The second-order valence-corrected chi connectivity index (χ2v) is 3.45. The lowest BCUT2D eigenvalue weighted by atomic mass is 9.93. The highest BCUT2D eigenvalue weighted by Gasteiger charge is 2.21. The van der Waals surface area contributed by atoms with E-state index < -0.39 is 0 Å². The first-order valence-electron chi connectivity index (χ1n) is 4.56. The maximum absolute atomic E-state index is 11.3. The summed E-state index contributed by atoms with van der Waals surface area (Å²) in [4.78, 5) is 11.3. The molecule has 1 fully saturated rings. The number of nitrogens with one attached hydrogen (secondary N) is 3. The first-order valence-corrected chi connectivity index (χ1v) is 4.56. The molecular weight excluding hydrogens is 168 g/mol. The van der Waals surface area contributed by atoms with Gasteiger partial charge in [0.1, 0.15) is 5.82 Å². The number of H-pyrrole nitrogens is 2. The number of nitrogens with two attached hydrogens (primary N) is 1. The Morgan fingerprint density at radius 2 is 2.23 bits per heavy atom. The minimum absolute atomic E-state index is 0.0776. The Labute approximate surface area is 75.7 Å². The molecule has 0 aromatic carbocycles. The third-order valence-electron chi connectivity index (χ3n) is 2.55. The molecule has 72 valence electrons. The summed E-state index contributed by atoms with van der Waals surface area (Å²) in [5.41, 5.74) is 6.30. The number of aromatic amines is 2. The molecular formula is C8H14N4O. The van der Waals surface area contributed by atoms with E-state index in [2.05, 4.69) is 15.5 Å². The minimum atomic E-state index is -0.0776. The van der Waals surface area contributed by atoms with E-state index in [0.29, 0.717) is 11.4 Å². The summed E-state index contributed by atoms with van der Waals surface area (Å²) in [5, 5.41) is 8.40. The van der Waals surface area contributed by atoms with Gasteiger partial charge in [-0.3, -0.25) is 15.0 Å². The molecule has 0 bridgehead atoms. The van der Waals surface area contributed by atoms with Crippen molar-refractivity contribution in [3.05, 3.63) is 15.9 Å². The predicted molar refractivity (Wildman–Crippen MR) is 50.7 cm³/mol. The summed E-state index contributed by atoms with van der Waals surface area (Å²) < 4.78 is 0. The molecule has 2 heterocycles. The third kappa shape index (κ3) is 1.47. The van der Waals surface area contributed by atoms with E-state index in [-0.39, 0.29) is 11.5 Å². The number of anilines is 1. The molecule has 0 saturated carbocycles. The minimum Gasteiger partial charge on any atom is -0.384 e. The van der Waals surface area contributed by atoms with Gasteiger partial charge in [0.25, 0.3) is 5.56 Å². The molecule has 0 radical (unpaired) electrons. The number of hydrogen-bond acceptors (Lipinski definition) is 3. The topological polar surface area (TPSA) is 86.7 Å². The Balaban J connectivity index is 2.27. The lowest BCUT2D eigenvalue weighted by Crippen LogP contribution is -2.30. The summed E-state index contributed by atoms with van der Waals surface area (Å²) in [6.07, 6.45) is 2.15. The predicted octanol–water partition coefficient (Wildman–Crippen LogP) is -0.248. The average molecular weight is 182 g/mol. The summed E-state index contributed by atoms with van der Waals surface area (Å²) in [7, 11) is 0. The van der Waals surface area contributed by atoms with Gasteiger partial charge in [-0.2, -0.15) is 0 Å². The van der Waals surface area contributed by atoms with E-state index in [1.807, 2.05) is 0 Å². The Kier molecular flexibility index (Phi) is 2.10. The van der Waals surface area contributed by atoms with E-state index in [1.165, 1.54) is 0 Å². The van der Waals surface area contributed by atoms with Crippen LogP contribution in [-0.4, -0.2) is 23.3 Å². The fourth-order valence-electron chi connectivity index (χ4n) is 1.88. The summed E-state index contributed by atoms with van der Waals surface area (Å²) in [6.45, 7) is 1.89.